The van der Waals surface area contributed by atoms with Gasteiger partial charge in [0.2, 0.25) is 0 Å². The van der Waals surface area contributed by atoms with Gasteiger partial charge in [0.25, 0.3) is 5.91 Å². The summed E-state index contributed by atoms with van der Waals surface area (Å²) in [7, 11) is 4.63. The molecule has 0 aliphatic rings. The van der Waals surface area contributed by atoms with Gasteiger partial charge in [-0.05, 0) is 36.1 Å². The van der Waals surface area contributed by atoms with Crippen LogP contribution in [0.3, 0.4) is 0 Å². The normalized spacial score (nSPS) is 10.9. The minimum absolute atomic E-state index is 0.135. The zero-order valence-corrected chi connectivity index (χ0v) is 17.7. The van der Waals surface area contributed by atoms with Crippen LogP contribution in [0.2, 0.25) is 0 Å². The highest BCUT2D eigenvalue weighted by atomic mass is 16.5. The Labute approximate surface area is 171 Å². The van der Waals surface area contributed by atoms with Crippen molar-refractivity contribution in [2.24, 2.45) is 5.10 Å². The number of nitrogens with zero attached hydrogens (tertiary/aromatic N) is 1. The van der Waals surface area contributed by atoms with Crippen LogP contribution in [0.25, 0.3) is 0 Å². The maximum atomic E-state index is 12.1. The number of methoxy groups -OCH3 is 3. The SMILES string of the molecule is COc1cc(OC)c(OC)cc1/C=N\NC(=O)COc1cc(C)ccc1C(C)C. The Morgan fingerprint density at radius 1 is 1.00 bits per heavy atom. The molecule has 7 heteroatoms. The van der Waals surface area contributed by atoms with Crippen molar-refractivity contribution < 1.29 is 23.7 Å². The molecule has 0 saturated heterocycles. The van der Waals surface area contributed by atoms with E-state index in [9.17, 15) is 4.79 Å². The summed E-state index contributed by atoms with van der Waals surface area (Å²) in [4.78, 5) is 12.1. The van der Waals surface area contributed by atoms with E-state index >= 15 is 0 Å². The predicted octanol–water partition coefficient (Wildman–Crippen LogP) is 3.67. The van der Waals surface area contributed by atoms with Crippen molar-refractivity contribution >= 4 is 12.1 Å². The van der Waals surface area contributed by atoms with Gasteiger partial charge < -0.3 is 18.9 Å². The van der Waals surface area contributed by atoms with Gasteiger partial charge in [0.1, 0.15) is 11.5 Å². The number of aryl methyl sites for hydroxylation is 1. The van der Waals surface area contributed by atoms with Crippen LogP contribution in [0.1, 0.15) is 36.5 Å². The molecule has 0 heterocycles. The number of carbonyl (C=O) groups is 1. The maximum absolute atomic E-state index is 12.1. The van der Waals surface area contributed by atoms with Crippen molar-refractivity contribution in [3.05, 3.63) is 47.0 Å². The topological polar surface area (TPSA) is 78.4 Å². The number of amides is 1. The molecule has 0 bridgehead atoms. The molecule has 2 aromatic carbocycles. The first-order chi connectivity index (χ1) is 13.9. The number of hydrogen-bond donors (Lipinski definition) is 1. The standard InChI is InChI=1S/C22H28N2O5/c1-14(2)17-8-7-15(3)9-19(17)29-13-22(25)24-23-12-16-10-20(27-5)21(28-6)11-18(16)26-4/h7-12,14H,13H2,1-6H3,(H,24,25)/b23-12-. The van der Waals surface area contributed by atoms with Crippen LogP contribution in [-0.4, -0.2) is 40.1 Å². The van der Waals surface area contributed by atoms with Crippen molar-refractivity contribution in [1.82, 2.24) is 5.43 Å². The molecule has 0 saturated carbocycles. The number of benzene rings is 2. The molecule has 1 amide bonds. The van der Waals surface area contributed by atoms with Crippen LogP contribution in [0.4, 0.5) is 0 Å². The lowest BCUT2D eigenvalue weighted by Crippen LogP contribution is -2.25. The first-order valence-corrected chi connectivity index (χ1v) is 9.24. The molecule has 1 N–H and O–H groups in total. The van der Waals surface area contributed by atoms with E-state index in [1.165, 1.54) is 6.21 Å². The number of ether oxygens (including phenoxy) is 4. The highest BCUT2D eigenvalue weighted by molar-refractivity contribution is 5.86. The molecule has 0 aliphatic heterocycles. The van der Waals surface area contributed by atoms with Gasteiger partial charge in [-0.1, -0.05) is 26.0 Å². The Kier molecular flexibility index (Phi) is 7.88. The Hall–Kier alpha value is -3.22. The fourth-order valence-electron chi connectivity index (χ4n) is 2.75. The summed E-state index contributed by atoms with van der Waals surface area (Å²) in [5.74, 6) is 2.25. The van der Waals surface area contributed by atoms with E-state index in [1.807, 2.05) is 25.1 Å². The lowest BCUT2D eigenvalue weighted by molar-refractivity contribution is -0.123. The highest BCUT2D eigenvalue weighted by Crippen LogP contribution is 2.33. The molecular formula is C22H28N2O5. The van der Waals surface area contributed by atoms with Gasteiger partial charge in [-0.25, -0.2) is 5.43 Å². The molecule has 0 aromatic heterocycles. The maximum Gasteiger partial charge on any atom is 0.277 e. The Bertz CT molecular complexity index is 878. The second-order valence-corrected chi connectivity index (χ2v) is 6.73. The lowest BCUT2D eigenvalue weighted by Gasteiger charge is -2.14. The largest absolute Gasteiger partial charge is 0.496 e. The lowest BCUT2D eigenvalue weighted by atomic mass is 10.0. The van der Waals surface area contributed by atoms with E-state index in [2.05, 4.69) is 24.4 Å². The molecule has 29 heavy (non-hydrogen) atoms. The smallest absolute Gasteiger partial charge is 0.277 e. The molecule has 0 spiro atoms. The molecule has 156 valence electrons. The summed E-state index contributed by atoms with van der Waals surface area (Å²) in [6.07, 6.45) is 1.48. The van der Waals surface area contributed by atoms with Crippen molar-refractivity contribution in [3.8, 4) is 23.0 Å². The summed E-state index contributed by atoms with van der Waals surface area (Å²) in [5.41, 5.74) is 5.22. The summed E-state index contributed by atoms with van der Waals surface area (Å²) in [6.45, 7) is 6.01. The van der Waals surface area contributed by atoms with E-state index in [0.717, 1.165) is 11.1 Å². The Morgan fingerprint density at radius 2 is 1.66 bits per heavy atom. The van der Waals surface area contributed by atoms with Gasteiger partial charge in [0.15, 0.2) is 18.1 Å². The molecular weight excluding hydrogens is 372 g/mol. The van der Waals surface area contributed by atoms with Gasteiger partial charge >= 0.3 is 0 Å². The van der Waals surface area contributed by atoms with Crippen LogP contribution in [0.5, 0.6) is 23.0 Å². The summed E-state index contributed by atoms with van der Waals surface area (Å²) >= 11 is 0. The summed E-state index contributed by atoms with van der Waals surface area (Å²) in [6, 6.07) is 9.39. The van der Waals surface area contributed by atoms with E-state index in [1.54, 1.807) is 33.5 Å². The third-order valence-electron chi connectivity index (χ3n) is 4.28. The Balaban J connectivity index is 2.03. The molecule has 2 rings (SSSR count). The zero-order valence-electron chi connectivity index (χ0n) is 17.7. The van der Waals surface area contributed by atoms with E-state index in [4.69, 9.17) is 18.9 Å². The predicted molar refractivity (Wildman–Crippen MR) is 113 cm³/mol. The third kappa shape index (κ3) is 5.88. The second kappa shape index (κ2) is 10.4. The van der Waals surface area contributed by atoms with Gasteiger partial charge in [0, 0.05) is 11.6 Å². The van der Waals surface area contributed by atoms with Crippen molar-refractivity contribution in [1.29, 1.82) is 0 Å². The van der Waals surface area contributed by atoms with E-state index in [0.29, 0.717) is 34.5 Å². The quantitative estimate of drug-likeness (QED) is 0.513. The first kappa shape index (κ1) is 22.1. The highest BCUT2D eigenvalue weighted by Gasteiger charge is 2.12. The number of rotatable bonds is 9. The number of carbonyl (C=O) groups excluding carboxylic acids is 1. The molecule has 0 aliphatic carbocycles. The van der Waals surface area contributed by atoms with Crippen molar-refractivity contribution in [2.45, 2.75) is 26.7 Å². The van der Waals surface area contributed by atoms with Gasteiger partial charge in [0.05, 0.1) is 27.5 Å². The number of nitrogens with one attached hydrogen (secondary N) is 1. The van der Waals surface area contributed by atoms with Gasteiger partial charge in [-0.2, -0.15) is 5.10 Å². The molecule has 0 unspecified atom stereocenters. The van der Waals surface area contributed by atoms with Crippen LogP contribution in [0, 0.1) is 6.92 Å². The molecule has 2 aromatic rings. The van der Waals surface area contributed by atoms with Crippen molar-refractivity contribution in [3.63, 3.8) is 0 Å². The first-order valence-electron chi connectivity index (χ1n) is 9.24. The summed E-state index contributed by atoms with van der Waals surface area (Å²) < 4.78 is 21.6. The van der Waals surface area contributed by atoms with Crippen LogP contribution >= 0.6 is 0 Å². The van der Waals surface area contributed by atoms with Crippen LogP contribution in [0.15, 0.2) is 35.4 Å². The number of hydrazone groups is 1. The minimum Gasteiger partial charge on any atom is -0.496 e. The average Bonchev–Trinajstić information content (AvgIpc) is 2.71. The van der Waals surface area contributed by atoms with E-state index in [-0.39, 0.29) is 12.5 Å². The fourth-order valence-corrected chi connectivity index (χ4v) is 2.75. The van der Waals surface area contributed by atoms with Gasteiger partial charge in [-0.3, -0.25) is 4.79 Å². The molecule has 0 radical (unpaired) electrons. The van der Waals surface area contributed by atoms with Crippen LogP contribution in [-0.2, 0) is 4.79 Å². The van der Waals surface area contributed by atoms with E-state index < -0.39 is 0 Å². The second-order valence-electron chi connectivity index (χ2n) is 6.73. The van der Waals surface area contributed by atoms with Gasteiger partial charge in [-0.15, -0.1) is 0 Å². The Morgan fingerprint density at radius 3 is 2.28 bits per heavy atom. The van der Waals surface area contributed by atoms with Crippen LogP contribution < -0.4 is 24.4 Å². The fraction of sp³-hybridized carbons (Fsp3) is 0.364. The average molecular weight is 400 g/mol. The molecule has 7 nitrogen and oxygen atoms in total. The molecule has 0 atom stereocenters. The van der Waals surface area contributed by atoms with Crippen molar-refractivity contribution in [2.75, 3.05) is 27.9 Å². The zero-order chi connectivity index (χ0) is 21.4. The minimum atomic E-state index is -0.364. The summed E-state index contributed by atoms with van der Waals surface area (Å²) in [5, 5.41) is 3.99. The third-order valence-corrected chi connectivity index (χ3v) is 4.28. The molecule has 0 fully saturated rings. The number of hydrogen-bond acceptors (Lipinski definition) is 6. The monoisotopic (exact) mass is 400 g/mol.